The highest BCUT2D eigenvalue weighted by Gasteiger charge is 2.40. The number of aromatic hydroxyl groups is 2. The largest absolute Gasteiger partial charge is 0.508 e. The van der Waals surface area contributed by atoms with Crippen LogP contribution in [0.1, 0.15) is 17.0 Å². The first-order valence-corrected chi connectivity index (χ1v) is 8.17. The Morgan fingerprint density at radius 3 is 1.64 bits per heavy atom. The van der Waals surface area contributed by atoms with Crippen molar-refractivity contribution in [1.29, 1.82) is 0 Å². The molecule has 0 aromatic heterocycles. The van der Waals surface area contributed by atoms with Crippen molar-refractivity contribution in [2.75, 3.05) is 5.75 Å². The lowest BCUT2D eigenvalue weighted by atomic mass is 9.85. The topological polar surface area (TPSA) is 80.9 Å². The minimum atomic E-state index is -0.808. The van der Waals surface area contributed by atoms with Crippen LogP contribution in [0.4, 0.5) is 0 Å². The highest BCUT2D eigenvalue weighted by atomic mass is 32.2. The smallest absolute Gasteiger partial charge is 0.115 e. The van der Waals surface area contributed by atoms with Gasteiger partial charge in [-0.3, -0.25) is 0 Å². The Morgan fingerprint density at radius 2 is 1.27 bits per heavy atom. The molecule has 0 aliphatic carbocycles. The predicted octanol–water partition coefficient (Wildman–Crippen LogP) is 2.07. The number of aliphatic hydroxyl groups excluding tert-OH is 2. The number of hydrogen-bond acceptors (Lipinski definition) is 5. The Hall–Kier alpha value is -1.69. The van der Waals surface area contributed by atoms with Crippen molar-refractivity contribution in [3.8, 4) is 11.5 Å². The lowest BCUT2D eigenvalue weighted by Gasteiger charge is -2.27. The van der Waals surface area contributed by atoms with Gasteiger partial charge >= 0.3 is 0 Å². The first kappa shape index (κ1) is 15.2. The molecular weight excluding hydrogens is 300 g/mol. The molecule has 5 heteroatoms. The van der Waals surface area contributed by atoms with Crippen LogP contribution >= 0.6 is 11.8 Å². The van der Waals surface area contributed by atoms with E-state index in [1.54, 1.807) is 24.3 Å². The molecule has 0 spiro atoms. The molecule has 0 amide bonds. The van der Waals surface area contributed by atoms with Crippen LogP contribution in [0.2, 0.25) is 0 Å². The van der Waals surface area contributed by atoms with Gasteiger partial charge in [0.1, 0.15) is 11.5 Å². The van der Waals surface area contributed by atoms with Gasteiger partial charge in [0.25, 0.3) is 0 Å². The lowest BCUT2D eigenvalue weighted by Crippen LogP contribution is -2.33. The highest BCUT2D eigenvalue weighted by molar-refractivity contribution is 8.00. The van der Waals surface area contributed by atoms with Crippen LogP contribution in [-0.2, 0) is 0 Å². The number of phenols is 2. The molecule has 3 atom stereocenters. The monoisotopic (exact) mass is 318 g/mol. The van der Waals surface area contributed by atoms with Gasteiger partial charge in [-0.25, -0.2) is 0 Å². The number of thioether (sulfide) groups is 1. The molecule has 1 saturated heterocycles. The van der Waals surface area contributed by atoms with E-state index in [2.05, 4.69) is 0 Å². The molecule has 0 radical (unpaired) electrons. The van der Waals surface area contributed by atoms with E-state index in [9.17, 15) is 20.4 Å². The van der Waals surface area contributed by atoms with Gasteiger partial charge in [0, 0.05) is 16.9 Å². The quantitative estimate of drug-likeness (QED) is 0.696. The Labute approximate surface area is 133 Å². The van der Waals surface area contributed by atoms with Gasteiger partial charge in [0.15, 0.2) is 0 Å². The maximum atomic E-state index is 10.3. The van der Waals surface area contributed by atoms with E-state index in [1.165, 1.54) is 11.8 Å². The fraction of sp³-hybridized carbons (Fsp3) is 0.294. The van der Waals surface area contributed by atoms with Crippen molar-refractivity contribution in [3.63, 3.8) is 0 Å². The van der Waals surface area contributed by atoms with Gasteiger partial charge in [-0.2, -0.15) is 11.8 Å². The van der Waals surface area contributed by atoms with E-state index in [0.29, 0.717) is 5.75 Å². The molecule has 0 bridgehead atoms. The second kappa shape index (κ2) is 6.20. The average molecular weight is 318 g/mol. The summed E-state index contributed by atoms with van der Waals surface area (Å²) in [4.78, 5) is 0. The number of aliphatic hydroxyl groups is 2. The molecule has 22 heavy (non-hydrogen) atoms. The van der Waals surface area contributed by atoms with Crippen LogP contribution in [0.3, 0.4) is 0 Å². The molecule has 116 valence electrons. The fourth-order valence-corrected chi connectivity index (χ4v) is 4.36. The van der Waals surface area contributed by atoms with Crippen LogP contribution < -0.4 is 0 Å². The standard InChI is InChI=1S/C17H18O4S/c18-12-5-1-10(2-6-12)15(11-3-7-13(19)8-4-11)17-16(21)14(20)9-22-17/h1-8,14-21H,9H2/t14-,16+,17-/m1/s1. The first-order chi connectivity index (χ1) is 10.6. The van der Waals surface area contributed by atoms with Crippen molar-refractivity contribution in [1.82, 2.24) is 0 Å². The molecule has 4 nitrogen and oxygen atoms in total. The third-order valence-electron chi connectivity index (χ3n) is 4.02. The zero-order valence-electron chi connectivity index (χ0n) is 11.8. The fourth-order valence-electron chi connectivity index (χ4n) is 2.85. The summed E-state index contributed by atoms with van der Waals surface area (Å²) in [6.07, 6.45) is -1.54. The number of rotatable bonds is 3. The zero-order valence-corrected chi connectivity index (χ0v) is 12.6. The van der Waals surface area contributed by atoms with Crippen LogP contribution in [0.25, 0.3) is 0 Å². The molecule has 3 rings (SSSR count). The van der Waals surface area contributed by atoms with Crippen LogP contribution in [0.15, 0.2) is 48.5 Å². The molecule has 0 saturated carbocycles. The van der Waals surface area contributed by atoms with Gasteiger partial charge in [-0.1, -0.05) is 24.3 Å². The maximum Gasteiger partial charge on any atom is 0.115 e. The number of benzene rings is 2. The van der Waals surface area contributed by atoms with Crippen molar-refractivity contribution in [2.45, 2.75) is 23.4 Å². The third-order valence-corrected chi connectivity index (χ3v) is 5.49. The van der Waals surface area contributed by atoms with Crippen LogP contribution in [0, 0.1) is 0 Å². The van der Waals surface area contributed by atoms with Crippen molar-refractivity contribution in [2.24, 2.45) is 0 Å². The highest BCUT2D eigenvalue weighted by Crippen LogP contribution is 2.42. The molecule has 1 aliphatic rings. The second-order valence-corrected chi connectivity index (χ2v) is 6.73. The van der Waals surface area contributed by atoms with E-state index in [-0.39, 0.29) is 22.7 Å². The minimum absolute atomic E-state index is 0.127. The van der Waals surface area contributed by atoms with Crippen molar-refractivity contribution in [3.05, 3.63) is 59.7 Å². The van der Waals surface area contributed by atoms with Gasteiger partial charge in [0.2, 0.25) is 0 Å². The minimum Gasteiger partial charge on any atom is -0.508 e. The van der Waals surface area contributed by atoms with Crippen molar-refractivity contribution < 1.29 is 20.4 Å². The van der Waals surface area contributed by atoms with E-state index >= 15 is 0 Å². The van der Waals surface area contributed by atoms with E-state index in [4.69, 9.17) is 0 Å². The molecule has 1 heterocycles. The Bertz CT molecular complexity index is 581. The summed E-state index contributed by atoms with van der Waals surface area (Å²) < 4.78 is 0. The van der Waals surface area contributed by atoms with Gasteiger partial charge in [-0.15, -0.1) is 0 Å². The molecule has 2 aromatic rings. The molecule has 4 N–H and O–H groups in total. The van der Waals surface area contributed by atoms with Crippen molar-refractivity contribution >= 4 is 11.8 Å². The van der Waals surface area contributed by atoms with Crippen LogP contribution in [0.5, 0.6) is 11.5 Å². The summed E-state index contributed by atoms with van der Waals surface area (Å²) in [5, 5.41) is 38.9. The average Bonchev–Trinajstić information content (AvgIpc) is 2.84. The Kier molecular flexibility index (Phi) is 4.29. The summed E-state index contributed by atoms with van der Waals surface area (Å²) >= 11 is 1.54. The SMILES string of the molecule is Oc1ccc(C(c2ccc(O)cc2)[C@H]2SC[C@@H](O)[C@@H]2O)cc1. The Morgan fingerprint density at radius 1 is 0.818 bits per heavy atom. The Balaban J connectivity index is 2.02. The second-order valence-electron chi connectivity index (χ2n) is 5.52. The summed E-state index contributed by atoms with van der Waals surface area (Å²) in [7, 11) is 0. The lowest BCUT2D eigenvalue weighted by molar-refractivity contribution is 0.0396. The molecule has 2 aromatic carbocycles. The van der Waals surface area contributed by atoms with E-state index in [1.807, 2.05) is 24.3 Å². The van der Waals surface area contributed by atoms with Gasteiger partial charge in [-0.05, 0) is 35.4 Å². The van der Waals surface area contributed by atoms with Gasteiger partial charge in [0.05, 0.1) is 12.2 Å². The molecule has 0 unspecified atom stereocenters. The summed E-state index contributed by atoms with van der Waals surface area (Å²) in [5.41, 5.74) is 1.91. The van der Waals surface area contributed by atoms with Gasteiger partial charge < -0.3 is 20.4 Å². The third kappa shape index (κ3) is 2.92. The molecule has 1 fully saturated rings. The normalized spacial score (nSPS) is 24.8. The number of hydrogen-bond donors (Lipinski definition) is 4. The summed E-state index contributed by atoms with van der Waals surface area (Å²) in [5.74, 6) is 0.748. The summed E-state index contributed by atoms with van der Waals surface area (Å²) in [6.45, 7) is 0. The summed E-state index contributed by atoms with van der Waals surface area (Å²) in [6, 6.07) is 13.8. The molecule has 1 aliphatic heterocycles. The van der Waals surface area contributed by atoms with E-state index < -0.39 is 12.2 Å². The predicted molar refractivity (Wildman–Crippen MR) is 86.3 cm³/mol. The van der Waals surface area contributed by atoms with Crippen LogP contribution in [-0.4, -0.2) is 43.6 Å². The van der Waals surface area contributed by atoms with E-state index in [0.717, 1.165) is 11.1 Å². The first-order valence-electron chi connectivity index (χ1n) is 7.12. The molecular formula is C17H18O4S. The number of phenolic OH excluding ortho intramolecular Hbond substituents is 2. The zero-order chi connectivity index (χ0) is 15.7. The maximum absolute atomic E-state index is 10.3.